The molecule has 0 N–H and O–H groups in total. The van der Waals surface area contributed by atoms with Gasteiger partial charge in [-0.05, 0) is 43.9 Å². The highest BCUT2D eigenvalue weighted by atomic mass is 16.5. The van der Waals surface area contributed by atoms with Crippen molar-refractivity contribution in [1.82, 2.24) is 4.57 Å². The second-order valence-corrected chi connectivity index (χ2v) is 5.89. The Labute approximate surface area is 133 Å². The maximum Gasteiger partial charge on any atom is 0.331 e. The third-order valence-electron chi connectivity index (χ3n) is 3.76. The van der Waals surface area contributed by atoms with Crippen LogP contribution < -0.4 is 0 Å². The van der Waals surface area contributed by atoms with Gasteiger partial charge >= 0.3 is 5.97 Å². The number of ether oxygens (including phenoxy) is 1. The van der Waals surface area contributed by atoms with Crippen LogP contribution in [0.2, 0.25) is 0 Å². The summed E-state index contributed by atoms with van der Waals surface area (Å²) in [7, 11) is 0. The molecular formula is C18H26N2O2. The lowest BCUT2D eigenvalue weighted by atomic mass is 10.1. The number of hydrogen-bond donors (Lipinski definition) is 0. The maximum atomic E-state index is 11.9. The quantitative estimate of drug-likeness (QED) is 0.565. The minimum Gasteiger partial charge on any atom is -0.458 e. The molecule has 0 bridgehead atoms. The fourth-order valence-electron chi connectivity index (χ4n) is 2.41. The van der Waals surface area contributed by atoms with Crippen molar-refractivity contribution in [3.8, 4) is 6.07 Å². The molecule has 0 aromatic carbocycles. The summed E-state index contributed by atoms with van der Waals surface area (Å²) in [5.74, 6) is -0.263. The normalized spacial score (nSPS) is 12.6. The second-order valence-electron chi connectivity index (χ2n) is 5.89. The van der Waals surface area contributed by atoms with E-state index in [0.29, 0.717) is 0 Å². The van der Waals surface area contributed by atoms with Crippen LogP contribution in [0.1, 0.15) is 50.6 Å². The zero-order chi connectivity index (χ0) is 16.7. The van der Waals surface area contributed by atoms with E-state index in [1.807, 2.05) is 13.8 Å². The fraction of sp³-hybridized carbons (Fsp3) is 0.556. The van der Waals surface area contributed by atoms with Gasteiger partial charge in [-0.3, -0.25) is 0 Å². The topological polar surface area (TPSA) is 55.0 Å². The van der Waals surface area contributed by atoms with E-state index in [1.54, 1.807) is 6.08 Å². The van der Waals surface area contributed by atoms with Crippen LogP contribution in [0.25, 0.3) is 6.08 Å². The van der Waals surface area contributed by atoms with Crippen LogP contribution in [0.4, 0.5) is 0 Å². The van der Waals surface area contributed by atoms with Crippen molar-refractivity contribution in [2.45, 2.75) is 60.1 Å². The first-order valence-corrected chi connectivity index (χ1v) is 7.83. The van der Waals surface area contributed by atoms with E-state index in [9.17, 15) is 4.79 Å². The molecule has 0 aliphatic heterocycles. The van der Waals surface area contributed by atoms with Gasteiger partial charge in [0.15, 0.2) is 0 Å². The van der Waals surface area contributed by atoms with Crippen LogP contribution >= 0.6 is 0 Å². The van der Waals surface area contributed by atoms with Crippen molar-refractivity contribution in [1.29, 1.82) is 5.26 Å². The first kappa shape index (κ1) is 18.0. The van der Waals surface area contributed by atoms with E-state index in [1.165, 1.54) is 11.8 Å². The monoisotopic (exact) mass is 302 g/mol. The summed E-state index contributed by atoms with van der Waals surface area (Å²) in [5.41, 5.74) is 3.38. The molecule has 1 rings (SSSR count). The molecule has 120 valence electrons. The average Bonchev–Trinajstić information content (AvgIpc) is 2.72. The summed E-state index contributed by atoms with van der Waals surface area (Å²) in [6, 6.07) is 4.13. The average molecular weight is 302 g/mol. The zero-order valence-electron chi connectivity index (χ0n) is 14.2. The Kier molecular flexibility index (Phi) is 6.91. The summed E-state index contributed by atoms with van der Waals surface area (Å²) >= 11 is 0. The number of aryl methyl sites for hydroxylation is 1. The molecule has 4 nitrogen and oxygen atoms in total. The Morgan fingerprint density at radius 3 is 2.68 bits per heavy atom. The number of esters is 1. The molecule has 0 aliphatic carbocycles. The largest absolute Gasteiger partial charge is 0.458 e. The van der Waals surface area contributed by atoms with Crippen molar-refractivity contribution in [3.63, 3.8) is 0 Å². The first-order valence-electron chi connectivity index (χ1n) is 7.83. The first-order chi connectivity index (χ1) is 10.4. The number of nitriles is 1. The highest BCUT2D eigenvalue weighted by Crippen LogP contribution is 2.17. The number of aromatic nitrogens is 1. The predicted octanol–water partition coefficient (Wildman–Crippen LogP) is 4.01. The predicted molar refractivity (Wildman–Crippen MR) is 88.2 cm³/mol. The van der Waals surface area contributed by atoms with Gasteiger partial charge in [-0.25, -0.2) is 4.79 Å². The SMILES string of the molecule is CCCn1c(C)cc(/C=C/C(=O)O[C@H](CC#N)C(C)C)c1C. The molecule has 0 saturated heterocycles. The van der Waals surface area contributed by atoms with Gasteiger partial charge in [0, 0.05) is 24.0 Å². The summed E-state index contributed by atoms with van der Waals surface area (Å²) < 4.78 is 7.59. The van der Waals surface area contributed by atoms with E-state index in [4.69, 9.17) is 10.00 Å². The molecule has 22 heavy (non-hydrogen) atoms. The van der Waals surface area contributed by atoms with Crippen LogP contribution in [0.15, 0.2) is 12.1 Å². The van der Waals surface area contributed by atoms with Gasteiger partial charge in [-0.2, -0.15) is 5.26 Å². The second kappa shape index (κ2) is 8.43. The van der Waals surface area contributed by atoms with Crippen LogP contribution in [0.5, 0.6) is 0 Å². The van der Waals surface area contributed by atoms with E-state index in [0.717, 1.165) is 24.2 Å². The van der Waals surface area contributed by atoms with Crippen molar-refractivity contribution in [2.24, 2.45) is 5.92 Å². The lowest BCUT2D eigenvalue weighted by Crippen LogP contribution is -2.22. The van der Waals surface area contributed by atoms with Crippen LogP contribution in [0, 0.1) is 31.1 Å². The molecule has 1 atom stereocenters. The molecule has 1 aromatic rings. The Morgan fingerprint density at radius 1 is 1.45 bits per heavy atom. The lowest BCUT2D eigenvalue weighted by Gasteiger charge is -2.17. The standard InChI is InChI=1S/C18H26N2O2/c1-6-11-20-14(4)12-16(15(20)5)7-8-18(21)22-17(9-10-19)13(2)3/h7-8,12-13,17H,6,9,11H2,1-5H3/b8-7+/t17-/m1/s1. The molecule has 0 fully saturated rings. The van der Waals surface area contributed by atoms with Gasteiger partial charge in [-0.15, -0.1) is 0 Å². The van der Waals surface area contributed by atoms with Gasteiger partial charge in [0.05, 0.1) is 12.5 Å². The van der Waals surface area contributed by atoms with Crippen molar-refractivity contribution < 1.29 is 9.53 Å². The number of hydrogen-bond acceptors (Lipinski definition) is 3. The minimum absolute atomic E-state index is 0.131. The fourth-order valence-corrected chi connectivity index (χ4v) is 2.41. The number of nitrogens with zero attached hydrogens (tertiary/aromatic N) is 2. The molecule has 0 unspecified atom stereocenters. The third-order valence-corrected chi connectivity index (χ3v) is 3.76. The Balaban J connectivity index is 2.78. The lowest BCUT2D eigenvalue weighted by molar-refractivity contribution is -0.144. The third kappa shape index (κ3) is 4.77. The van der Waals surface area contributed by atoms with E-state index in [2.05, 4.69) is 37.5 Å². The maximum absolute atomic E-state index is 11.9. The zero-order valence-corrected chi connectivity index (χ0v) is 14.2. The van der Waals surface area contributed by atoms with E-state index in [-0.39, 0.29) is 18.4 Å². The summed E-state index contributed by atoms with van der Waals surface area (Å²) in [6.07, 6.45) is 4.19. The van der Waals surface area contributed by atoms with Crippen LogP contribution in [-0.4, -0.2) is 16.6 Å². The Hall–Kier alpha value is -2.02. The smallest absolute Gasteiger partial charge is 0.331 e. The molecule has 0 radical (unpaired) electrons. The number of carbonyl (C=O) groups excluding carboxylic acids is 1. The van der Waals surface area contributed by atoms with Crippen LogP contribution in [0.3, 0.4) is 0 Å². The molecular weight excluding hydrogens is 276 g/mol. The molecule has 0 spiro atoms. The molecule has 1 aromatic heterocycles. The van der Waals surface area contributed by atoms with Gasteiger partial charge in [-0.1, -0.05) is 20.8 Å². The Morgan fingerprint density at radius 2 is 2.14 bits per heavy atom. The molecule has 0 amide bonds. The van der Waals surface area contributed by atoms with E-state index < -0.39 is 5.97 Å². The molecule has 0 aliphatic rings. The van der Waals surface area contributed by atoms with Gasteiger partial charge < -0.3 is 9.30 Å². The highest BCUT2D eigenvalue weighted by molar-refractivity contribution is 5.87. The minimum atomic E-state index is -0.394. The van der Waals surface area contributed by atoms with Crippen LogP contribution in [-0.2, 0) is 16.1 Å². The molecule has 4 heteroatoms. The van der Waals surface area contributed by atoms with Gasteiger partial charge in [0.25, 0.3) is 0 Å². The van der Waals surface area contributed by atoms with Crippen molar-refractivity contribution in [3.05, 3.63) is 29.1 Å². The van der Waals surface area contributed by atoms with E-state index >= 15 is 0 Å². The number of carbonyl (C=O) groups is 1. The van der Waals surface area contributed by atoms with Crippen molar-refractivity contribution in [2.75, 3.05) is 0 Å². The summed E-state index contributed by atoms with van der Waals surface area (Å²) in [4.78, 5) is 11.9. The van der Waals surface area contributed by atoms with Gasteiger partial charge in [0.1, 0.15) is 6.10 Å². The Bertz CT molecular complexity index is 577. The summed E-state index contributed by atoms with van der Waals surface area (Å²) in [5, 5.41) is 8.76. The summed E-state index contributed by atoms with van der Waals surface area (Å²) in [6.45, 7) is 11.1. The van der Waals surface area contributed by atoms with Crippen molar-refractivity contribution >= 4 is 12.0 Å². The molecule has 1 heterocycles. The molecule has 0 saturated carbocycles. The highest BCUT2D eigenvalue weighted by Gasteiger charge is 2.16. The number of rotatable bonds is 7. The van der Waals surface area contributed by atoms with Gasteiger partial charge in [0.2, 0.25) is 0 Å².